The zero-order valence-electron chi connectivity index (χ0n) is 18.1. The van der Waals surface area contributed by atoms with E-state index in [4.69, 9.17) is 33.3 Å². The minimum Gasteiger partial charge on any atom is -0.382 e. The van der Waals surface area contributed by atoms with Crippen LogP contribution in [0.3, 0.4) is 0 Å². The van der Waals surface area contributed by atoms with Crippen LogP contribution in [-0.4, -0.2) is 95.8 Å². The molecule has 2 heterocycles. The van der Waals surface area contributed by atoms with Crippen LogP contribution in [0.1, 0.15) is 27.1 Å². The Morgan fingerprint density at radius 1 is 0.871 bits per heavy atom. The lowest BCUT2D eigenvalue weighted by molar-refractivity contribution is -0.313. The van der Waals surface area contributed by atoms with Crippen LogP contribution in [0.5, 0.6) is 0 Å². The van der Waals surface area contributed by atoms with Gasteiger partial charge in [0.2, 0.25) is 0 Å². The molecule has 0 aromatic heterocycles. The molecule has 0 aliphatic carbocycles. The van der Waals surface area contributed by atoms with Gasteiger partial charge >= 0.3 is 0 Å². The van der Waals surface area contributed by atoms with Gasteiger partial charge in [0.05, 0.1) is 30.9 Å². The summed E-state index contributed by atoms with van der Waals surface area (Å²) in [5.41, 5.74) is 0.676. The molecule has 172 valence electrons. The fourth-order valence-electron chi connectivity index (χ4n) is 3.81. The molecule has 1 saturated heterocycles. The first-order valence-corrected chi connectivity index (χ1v) is 10.0. The maximum Gasteiger partial charge on any atom is 0.285 e. The molecule has 1 aromatic rings. The van der Waals surface area contributed by atoms with Crippen molar-refractivity contribution in [1.29, 1.82) is 0 Å². The third-order valence-corrected chi connectivity index (χ3v) is 5.29. The molecule has 0 radical (unpaired) electrons. The van der Waals surface area contributed by atoms with E-state index in [-0.39, 0.29) is 19.3 Å². The highest BCUT2D eigenvalue weighted by molar-refractivity contribution is 6.20. The molecule has 2 aliphatic rings. The summed E-state index contributed by atoms with van der Waals surface area (Å²) in [4.78, 5) is 30.0. The van der Waals surface area contributed by atoms with E-state index in [9.17, 15) is 9.59 Å². The van der Waals surface area contributed by atoms with Gasteiger partial charge in [-0.2, -0.15) is 0 Å². The minimum atomic E-state index is -0.708. The Hall–Kier alpha value is -1.92. The van der Waals surface area contributed by atoms with E-state index in [0.717, 1.165) is 5.06 Å². The second-order valence-electron chi connectivity index (χ2n) is 7.11. The number of hydrogen-bond acceptors (Lipinski definition) is 9. The lowest BCUT2D eigenvalue weighted by Gasteiger charge is -2.44. The fraction of sp³-hybridized carbons (Fsp3) is 0.619. The predicted molar refractivity (Wildman–Crippen MR) is 106 cm³/mol. The summed E-state index contributed by atoms with van der Waals surface area (Å²) in [6.07, 6.45) is -1.99. The van der Waals surface area contributed by atoms with Crippen molar-refractivity contribution in [2.45, 2.75) is 37.1 Å². The number of fused-ring (bicyclic) bond motifs is 1. The van der Waals surface area contributed by atoms with Crippen molar-refractivity contribution in [2.24, 2.45) is 0 Å². The van der Waals surface area contributed by atoms with Crippen LogP contribution in [0.25, 0.3) is 0 Å². The predicted octanol–water partition coefficient (Wildman–Crippen LogP) is 1.04. The topological polar surface area (TPSA) is 102 Å². The number of carbonyl (C=O) groups excluding carboxylic acids is 2. The van der Waals surface area contributed by atoms with Gasteiger partial charge in [-0.15, -0.1) is 5.06 Å². The Bertz CT molecular complexity index is 723. The van der Waals surface area contributed by atoms with Crippen molar-refractivity contribution in [3.63, 3.8) is 0 Å². The SMILES string of the molecule is COC[C@H]1O[C@H](OCCCON2C(=O)c3ccccc3C2=O)[C@@H](OC)[C@@H](OC)[C@@H]1OC. The molecule has 0 bridgehead atoms. The Labute approximate surface area is 181 Å². The highest BCUT2D eigenvalue weighted by Crippen LogP contribution is 2.28. The van der Waals surface area contributed by atoms with Gasteiger partial charge in [0, 0.05) is 28.4 Å². The molecule has 10 nitrogen and oxygen atoms in total. The Balaban J connectivity index is 1.50. The molecular weight excluding hydrogens is 410 g/mol. The molecule has 1 fully saturated rings. The van der Waals surface area contributed by atoms with E-state index in [1.54, 1.807) is 52.7 Å². The standard InChI is InChI=1S/C21H29NO9/c1-25-12-15-16(26-2)17(27-3)18(28-4)21(31-15)29-10-7-11-30-22-19(23)13-8-5-6-9-14(13)20(22)24/h5-6,8-9,15-18,21H,7,10-12H2,1-4H3/t15-,16-,17+,18+,21+/m1/s1. The molecule has 31 heavy (non-hydrogen) atoms. The number of hydroxylamine groups is 2. The van der Waals surface area contributed by atoms with Gasteiger partial charge in [-0.3, -0.25) is 14.4 Å². The zero-order chi connectivity index (χ0) is 22.4. The molecule has 0 unspecified atom stereocenters. The molecule has 2 amide bonds. The van der Waals surface area contributed by atoms with Crippen LogP contribution in [0, 0.1) is 0 Å². The average Bonchev–Trinajstić information content (AvgIpc) is 3.03. The average molecular weight is 439 g/mol. The molecule has 10 heteroatoms. The van der Waals surface area contributed by atoms with Gasteiger partial charge in [0.15, 0.2) is 6.29 Å². The van der Waals surface area contributed by atoms with Crippen LogP contribution >= 0.6 is 0 Å². The molecule has 3 rings (SSSR count). The maximum absolute atomic E-state index is 12.3. The first kappa shape index (κ1) is 23.7. The van der Waals surface area contributed by atoms with Crippen molar-refractivity contribution in [3.05, 3.63) is 35.4 Å². The number of amides is 2. The van der Waals surface area contributed by atoms with E-state index in [0.29, 0.717) is 24.2 Å². The number of rotatable bonds is 11. The third-order valence-electron chi connectivity index (χ3n) is 5.29. The lowest BCUT2D eigenvalue weighted by Crippen LogP contribution is -2.61. The van der Waals surface area contributed by atoms with Crippen LogP contribution in [0.2, 0.25) is 0 Å². The van der Waals surface area contributed by atoms with Gasteiger partial charge < -0.3 is 28.4 Å². The van der Waals surface area contributed by atoms with Gasteiger partial charge in [-0.1, -0.05) is 12.1 Å². The first-order chi connectivity index (χ1) is 15.1. The second-order valence-corrected chi connectivity index (χ2v) is 7.11. The molecule has 5 atom stereocenters. The Morgan fingerprint density at radius 2 is 1.48 bits per heavy atom. The van der Waals surface area contributed by atoms with Crippen LogP contribution < -0.4 is 0 Å². The zero-order valence-corrected chi connectivity index (χ0v) is 18.1. The molecular formula is C21H29NO9. The van der Waals surface area contributed by atoms with Crippen LogP contribution in [0.15, 0.2) is 24.3 Å². The fourth-order valence-corrected chi connectivity index (χ4v) is 3.81. The summed E-state index contributed by atoms with van der Waals surface area (Å²) in [5, 5.41) is 0.790. The number of nitrogens with zero attached hydrogens (tertiary/aromatic N) is 1. The molecule has 2 aliphatic heterocycles. The maximum atomic E-state index is 12.3. The van der Waals surface area contributed by atoms with Gasteiger partial charge in [0.1, 0.15) is 24.4 Å². The van der Waals surface area contributed by atoms with Gasteiger partial charge in [0.25, 0.3) is 11.8 Å². The van der Waals surface area contributed by atoms with Crippen LogP contribution in [0.4, 0.5) is 0 Å². The van der Waals surface area contributed by atoms with Crippen molar-refractivity contribution in [2.75, 3.05) is 48.3 Å². The van der Waals surface area contributed by atoms with Crippen molar-refractivity contribution < 1.29 is 42.8 Å². The van der Waals surface area contributed by atoms with Crippen LogP contribution in [-0.2, 0) is 33.3 Å². The second kappa shape index (κ2) is 11.1. The number of benzene rings is 1. The van der Waals surface area contributed by atoms with E-state index in [1.807, 2.05) is 0 Å². The molecule has 0 spiro atoms. The summed E-state index contributed by atoms with van der Waals surface area (Å²) in [6.45, 7) is 0.671. The lowest BCUT2D eigenvalue weighted by atomic mass is 9.98. The normalized spacial score (nSPS) is 28.3. The smallest absolute Gasteiger partial charge is 0.285 e. The summed E-state index contributed by atoms with van der Waals surface area (Å²) in [7, 11) is 6.27. The largest absolute Gasteiger partial charge is 0.382 e. The Morgan fingerprint density at radius 3 is 2.03 bits per heavy atom. The number of ether oxygens (including phenoxy) is 6. The summed E-state index contributed by atoms with van der Waals surface area (Å²) >= 11 is 0. The number of imide groups is 1. The van der Waals surface area contributed by atoms with Gasteiger partial charge in [-0.25, -0.2) is 0 Å². The van der Waals surface area contributed by atoms with Crippen molar-refractivity contribution >= 4 is 11.8 Å². The van der Waals surface area contributed by atoms with E-state index < -0.39 is 36.4 Å². The minimum absolute atomic E-state index is 0.117. The highest BCUT2D eigenvalue weighted by atomic mass is 16.7. The van der Waals surface area contributed by atoms with E-state index in [2.05, 4.69) is 0 Å². The number of hydrogen-bond donors (Lipinski definition) is 0. The highest BCUT2D eigenvalue weighted by Gasteiger charge is 2.47. The summed E-state index contributed by atoms with van der Waals surface area (Å²) < 4.78 is 33.7. The summed E-state index contributed by atoms with van der Waals surface area (Å²) in [6, 6.07) is 6.61. The Kier molecular flexibility index (Phi) is 8.50. The first-order valence-electron chi connectivity index (χ1n) is 10.0. The quantitative estimate of drug-likeness (QED) is 0.370. The molecule has 0 N–H and O–H groups in total. The van der Waals surface area contributed by atoms with Gasteiger partial charge in [-0.05, 0) is 18.6 Å². The van der Waals surface area contributed by atoms with E-state index >= 15 is 0 Å². The third kappa shape index (κ3) is 4.96. The molecule has 0 saturated carbocycles. The van der Waals surface area contributed by atoms with Crippen molar-refractivity contribution in [3.8, 4) is 0 Å². The number of carbonyl (C=O) groups is 2. The summed E-state index contributed by atoms with van der Waals surface area (Å²) in [5.74, 6) is -0.930. The monoisotopic (exact) mass is 439 g/mol. The molecule has 1 aromatic carbocycles. The number of methoxy groups -OCH3 is 4. The van der Waals surface area contributed by atoms with Crippen molar-refractivity contribution in [1.82, 2.24) is 5.06 Å². The van der Waals surface area contributed by atoms with E-state index in [1.165, 1.54) is 0 Å².